The van der Waals surface area contributed by atoms with Gasteiger partial charge in [-0.15, -0.1) is 0 Å². The molecule has 1 heterocycles. The molecule has 1 aromatic rings. The number of anilines is 1. The minimum absolute atomic E-state index is 0.237. The highest BCUT2D eigenvalue weighted by molar-refractivity contribution is 5.93. The van der Waals surface area contributed by atoms with Crippen molar-refractivity contribution in [3.05, 3.63) is 23.5 Å². The molecule has 0 bridgehead atoms. The van der Waals surface area contributed by atoms with Crippen molar-refractivity contribution in [2.75, 3.05) is 12.8 Å². The zero-order chi connectivity index (χ0) is 13.0. The van der Waals surface area contributed by atoms with Crippen LogP contribution in [0.15, 0.2) is 12.3 Å². The number of pyridine rings is 1. The Kier molecular flexibility index (Phi) is 4.03. The Hall–Kier alpha value is -2.11. The fourth-order valence-corrected chi connectivity index (χ4v) is 1.19. The molecule has 1 aromatic heterocycles. The van der Waals surface area contributed by atoms with Crippen LogP contribution in [0.4, 0.5) is 5.69 Å². The summed E-state index contributed by atoms with van der Waals surface area (Å²) >= 11 is 0. The van der Waals surface area contributed by atoms with Crippen LogP contribution in [0.1, 0.15) is 23.0 Å². The lowest BCUT2D eigenvalue weighted by Gasteiger charge is -2.11. The van der Waals surface area contributed by atoms with Crippen LogP contribution in [0.25, 0.3) is 0 Å². The number of methoxy groups -OCH3 is 1. The quantitative estimate of drug-likeness (QED) is 0.779. The van der Waals surface area contributed by atoms with Gasteiger partial charge < -0.3 is 15.2 Å². The van der Waals surface area contributed by atoms with E-state index in [0.29, 0.717) is 11.4 Å². The maximum Gasteiger partial charge on any atom is 0.346 e. The lowest BCUT2D eigenvalue weighted by molar-refractivity contribution is -0.149. The molecule has 2 N–H and O–H groups in total. The number of aromatic nitrogens is 1. The van der Waals surface area contributed by atoms with E-state index in [2.05, 4.69) is 9.72 Å². The van der Waals surface area contributed by atoms with E-state index in [0.717, 1.165) is 0 Å². The molecule has 6 heteroatoms. The number of nitrogen functional groups attached to an aromatic ring is 1. The minimum atomic E-state index is -0.965. The number of hydrogen-bond donors (Lipinski definition) is 1. The van der Waals surface area contributed by atoms with E-state index in [1.54, 1.807) is 6.92 Å². The van der Waals surface area contributed by atoms with Crippen molar-refractivity contribution >= 4 is 17.6 Å². The number of rotatable bonds is 3. The van der Waals surface area contributed by atoms with Gasteiger partial charge in [0.15, 0.2) is 6.10 Å². The molecule has 1 rings (SSSR count). The molecule has 0 saturated carbocycles. The van der Waals surface area contributed by atoms with Gasteiger partial charge in [0, 0.05) is 0 Å². The Balaban J connectivity index is 2.83. The second kappa shape index (κ2) is 5.29. The lowest BCUT2D eigenvalue weighted by atomic mass is 10.2. The first-order valence-electron chi connectivity index (χ1n) is 4.96. The number of ether oxygens (including phenoxy) is 2. The van der Waals surface area contributed by atoms with Crippen molar-refractivity contribution in [1.82, 2.24) is 4.98 Å². The van der Waals surface area contributed by atoms with E-state index in [1.807, 2.05) is 0 Å². The molecule has 6 nitrogen and oxygen atoms in total. The van der Waals surface area contributed by atoms with Crippen LogP contribution >= 0.6 is 0 Å². The minimum Gasteiger partial charge on any atom is -0.466 e. The summed E-state index contributed by atoms with van der Waals surface area (Å²) in [7, 11) is 1.22. The molecule has 17 heavy (non-hydrogen) atoms. The molecule has 0 radical (unpaired) electrons. The first-order chi connectivity index (χ1) is 7.95. The van der Waals surface area contributed by atoms with Crippen molar-refractivity contribution in [2.24, 2.45) is 0 Å². The summed E-state index contributed by atoms with van der Waals surface area (Å²) in [6.07, 6.45) is 0.476. The lowest BCUT2D eigenvalue weighted by Crippen LogP contribution is -2.25. The molecule has 0 saturated heterocycles. The standard InChI is InChI=1S/C11H14N2O4/c1-6-9(4-8(12)5-13-6)11(15)17-7(2)10(14)16-3/h4-5,7H,12H2,1-3H3. The van der Waals surface area contributed by atoms with Crippen LogP contribution in [0.5, 0.6) is 0 Å². The molecular weight excluding hydrogens is 224 g/mol. The highest BCUT2D eigenvalue weighted by Gasteiger charge is 2.20. The summed E-state index contributed by atoms with van der Waals surface area (Å²) in [6.45, 7) is 3.08. The number of nitrogens with zero attached hydrogens (tertiary/aromatic N) is 1. The van der Waals surface area contributed by atoms with Gasteiger partial charge in [-0.1, -0.05) is 0 Å². The molecule has 0 fully saturated rings. The van der Waals surface area contributed by atoms with Crippen molar-refractivity contribution in [3.8, 4) is 0 Å². The summed E-state index contributed by atoms with van der Waals surface area (Å²) in [4.78, 5) is 26.7. The number of hydrogen-bond acceptors (Lipinski definition) is 6. The van der Waals surface area contributed by atoms with Gasteiger partial charge in [0.25, 0.3) is 0 Å². The van der Waals surface area contributed by atoms with Gasteiger partial charge in [-0.3, -0.25) is 4.98 Å². The van der Waals surface area contributed by atoms with Crippen molar-refractivity contribution in [1.29, 1.82) is 0 Å². The van der Waals surface area contributed by atoms with Crippen LogP contribution in [0.3, 0.4) is 0 Å². The van der Waals surface area contributed by atoms with Gasteiger partial charge in [0.05, 0.1) is 30.3 Å². The molecule has 0 amide bonds. The van der Waals surface area contributed by atoms with Crippen LogP contribution in [-0.4, -0.2) is 30.1 Å². The Morgan fingerprint density at radius 3 is 2.71 bits per heavy atom. The van der Waals surface area contributed by atoms with Crippen molar-refractivity contribution < 1.29 is 19.1 Å². The molecule has 0 aliphatic heterocycles. The molecule has 0 aromatic carbocycles. The fraction of sp³-hybridized carbons (Fsp3) is 0.364. The summed E-state index contributed by atoms with van der Waals surface area (Å²) in [6, 6.07) is 1.45. The smallest absolute Gasteiger partial charge is 0.346 e. The van der Waals surface area contributed by atoms with E-state index in [9.17, 15) is 9.59 Å². The third-order valence-electron chi connectivity index (χ3n) is 2.14. The highest BCUT2D eigenvalue weighted by Crippen LogP contribution is 2.12. The number of aryl methyl sites for hydroxylation is 1. The fourth-order valence-electron chi connectivity index (χ4n) is 1.19. The van der Waals surface area contributed by atoms with Gasteiger partial charge >= 0.3 is 11.9 Å². The van der Waals surface area contributed by atoms with E-state index in [-0.39, 0.29) is 5.56 Å². The van der Waals surface area contributed by atoms with E-state index in [4.69, 9.17) is 10.5 Å². The summed E-state index contributed by atoms with van der Waals surface area (Å²) in [5.41, 5.74) is 6.60. The number of carbonyl (C=O) groups is 2. The molecule has 0 spiro atoms. The first kappa shape index (κ1) is 13.0. The molecule has 1 unspecified atom stereocenters. The Morgan fingerprint density at radius 2 is 2.12 bits per heavy atom. The molecule has 1 atom stereocenters. The Bertz CT molecular complexity index is 445. The van der Waals surface area contributed by atoms with Crippen LogP contribution in [0.2, 0.25) is 0 Å². The van der Waals surface area contributed by atoms with Crippen molar-refractivity contribution in [3.63, 3.8) is 0 Å². The second-order valence-corrected chi connectivity index (χ2v) is 3.47. The predicted octanol–water partition coefficient (Wildman–Crippen LogP) is 0.691. The molecular formula is C11H14N2O4. The van der Waals surface area contributed by atoms with Gasteiger partial charge in [0.1, 0.15) is 0 Å². The topological polar surface area (TPSA) is 91.5 Å². The third-order valence-corrected chi connectivity index (χ3v) is 2.14. The molecule has 0 aliphatic carbocycles. The van der Waals surface area contributed by atoms with E-state index in [1.165, 1.54) is 26.3 Å². The molecule has 0 aliphatic rings. The monoisotopic (exact) mass is 238 g/mol. The van der Waals surface area contributed by atoms with Gasteiger partial charge in [0.2, 0.25) is 0 Å². The predicted molar refractivity (Wildman–Crippen MR) is 60.3 cm³/mol. The number of esters is 2. The molecule has 92 valence electrons. The number of carbonyl (C=O) groups excluding carboxylic acids is 2. The maximum absolute atomic E-state index is 11.7. The van der Waals surface area contributed by atoms with Crippen LogP contribution in [-0.2, 0) is 14.3 Å². The Morgan fingerprint density at radius 1 is 1.47 bits per heavy atom. The zero-order valence-corrected chi connectivity index (χ0v) is 9.89. The van der Waals surface area contributed by atoms with E-state index >= 15 is 0 Å². The SMILES string of the molecule is COC(=O)C(C)OC(=O)c1cc(N)cnc1C. The highest BCUT2D eigenvalue weighted by atomic mass is 16.6. The average molecular weight is 238 g/mol. The van der Waals surface area contributed by atoms with Crippen molar-refractivity contribution in [2.45, 2.75) is 20.0 Å². The normalized spacial score (nSPS) is 11.7. The van der Waals surface area contributed by atoms with Gasteiger partial charge in [-0.2, -0.15) is 0 Å². The van der Waals surface area contributed by atoms with Crippen LogP contribution < -0.4 is 5.73 Å². The van der Waals surface area contributed by atoms with Gasteiger partial charge in [-0.25, -0.2) is 9.59 Å². The van der Waals surface area contributed by atoms with Crippen LogP contribution in [0, 0.1) is 6.92 Å². The van der Waals surface area contributed by atoms with Gasteiger partial charge in [-0.05, 0) is 19.9 Å². The average Bonchev–Trinajstić information content (AvgIpc) is 2.30. The summed E-state index contributed by atoms with van der Waals surface area (Å²) in [5.74, 6) is -1.27. The summed E-state index contributed by atoms with van der Waals surface area (Å²) in [5, 5.41) is 0. The largest absolute Gasteiger partial charge is 0.466 e. The zero-order valence-electron chi connectivity index (χ0n) is 9.89. The first-order valence-corrected chi connectivity index (χ1v) is 4.96. The third kappa shape index (κ3) is 3.17. The maximum atomic E-state index is 11.7. The number of nitrogens with two attached hydrogens (primary N) is 1. The second-order valence-electron chi connectivity index (χ2n) is 3.47. The summed E-state index contributed by atoms with van der Waals surface area (Å²) < 4.78 is 9.36. The van der Waals surface area contributed by atoms with E-state index < -0.39 is 18.0 Å². The Labute approximate surface area is 98.7 Å².